The van der Waals surface area contributed by atoms with Crippen molar-refractivity contribution in [3.05, 3.63) is 0 Å². The van der Waals surface area contributed by atoms with Gasteiger partial charge in [-0.1, -0.05) is 0 Å². The fourth-order valence-electron chi connectivity index (χ4n) is 2.04. The lowest BCUT2D eigenvalue weighted by Gasteiger charge is -2.43. The first-order chi connectivity index (χ1) is 7.60. The van der Waals surface area contributed by atoms with Crippen LogP contribution in [-0.4, -0.2) is 67.8 Å². The summed E-state index contributed by atoms with van der Waals surface area (Å²) in [5.41, 5.74) is 5.94. The highest BCUT2D eigenvalue weighted by atomic mass is 16.5. The Labute approximate surface area is 99.7 Å². The second-order valence-electron chi connectivity index (χ2n) is 5.04. The van der Waals surface area contributed by atoms with Crippen LogP contribution in [0.25, 0.3) is 0 Å². The van der Waals surface area contributed by atoms with Gasteiger partial charge in [-0.3, -0.25) is 9.80 Å². The van der Waals surface area contributed by atoms with Gasteiger partial charge in [-0.15, -0.1) is 0 Å². The number of ether oxygens (including phenoxy) is 1. The SMILES string of the molecule is CCOCCN1CCN(C(C)(C)CN)CC1. The Hall–Kier alpha value is -0.160. The van der Waals surface area contributed by atoms with Gasteiger partial charge in [0.05, 0.1) is 6.61 Å². The largest absolute Gasteiger partial charge is 0.380 e. The maximum Gasteiger partial charge on any atom is 0.0593 e. The van der Waals surface area contributed by atoms with E-state index in [1.807, 2.05) is 6.92 Å². The lowest BCUT2D eigenvalue weighted by Crippen LogP contribution is -2.57. The molecule has 0 aromatic rings. The molecule has 1 rings (SSSR count). The molecule has 0 saturated carbocycles. The zero-order chi connectivity index (χ0) is 12.0. The molecule has 0 unspecified atom stereocenters. The van der Waals surface area contributed by atoms with Crippen LogP contribution >= 0.6 is 0 Å². The lowest BCUT2D eigenvalue weighted by atomic mass is 10.0. The first-order valence-corrected chi connectivity index (χ1v) is 6.35. The lowest BCUT2D eigenvalue weighted by molar-refractivity contribution is 0.0399. The smallest absolute Gasteiger partial charge is 0.0593 e. The minimum atomic E-state index is 0.145. The van der Waals surface area contributed by atoms with Crippen molar-refractivity contribution in [2.24, 2.45) is 5.73 Å². The molecule has 4 nitrogen and oxygen atoms in total. The molecule has 4 heteroatoms. The topological polar surface area (TPSA) is 41.7 Å². The summed E-state index contributed by atoms with van der Waals surface area (Å²) < 4.78 is 5.38. The van der Waals surface area contributed by atoms with Crippen LogP contribution in [0, 0.1) is 0 Å². The molecule has 0 spiro atoms. The maximum atomic E-state index is 5.79. The van der Waals surface area contributed by atoms with Gasteiger partial charge in [-0.2, -0.15) is 0 Å². The minimum Gasteiger partial charge on any atom is -0.380 e. The van der Waals surface area contributed by atoms with E-state index in [1.54, 1.807) is 0 Å². The fourth-order valence-corrected chi connectivity index (χ4v) is 2.04. The summed E-state index contributed by atoms with van der Waals surface area (Å²) in [6.45, 7) is 14.5. The molecule has 16 heavy (non-hydrogen) atoms. The molecule has 0 bridgehead atoms. The van der Waals surface area contributed by atoms with E-state index in [4.69, 9.17) is 10.5 Å². The van der Waals surface area contributed by atoms with Gasteiger partial charge in [-0.25, -0.2) is 0 Å². The van der Waals surface area contributed by atoms with Crippen LogP contribution in [0.15, 0.2) is 0 Å². The van der Waals surface area contributed by atoms with Gasteiger partial charge < -0.3 is 10.5 Å². The van der Waals surface area contributed by atoms with Crippen molar-refractivity contribution in [1.29, 1.82) is 0 Å². The number of hydrogen-bond donors (Lipinski definition) is 1. The summed E-state index contributed by atoms with van der Waals surface area (Å²) >= 11 is 0. The van der Waals surface area contributed by atoms with E-state index in [9.17, 15) is 0 Å². The van der Waals surface area contributed by atoms with E-state index in [-0.39, 0.29) is 5.54 Å². The minimum absolute atomic E-state index is 0.145. The van der Waals surface area contributed by atoms with Crippen molar-refractivity contribution in [3.63, 3.8) is 0 Å². The number of nitrogens with zero attached hydrogens (tertiary/aromatic N) is 2. The van der Waals surface area contributed by atoms with Gasteiger partial charge in [-0.05, 0) is 20.8 Å². The fraction of sp³-hybridized carbons (Fsp3) is 1.00. The van der Waals surface area contributed by atoms with Crippen molar-refractivity contribution >= 4 is 0 Å². The van der Waals surface area contributed by atoms with Crippen LogP contribution in [0.5, 0.6) is 0 Å². The van der Waals surface area contributed by atoms with Crippen molar-refractivity contribution < 1.29 is 4.74 Å². The van der Waals surface area contributed by atoms with Gasteiger partial charge in [0, 0.05) is 51.4 Å². The molecule has 1 heterocycles. The Morgan fingerprint density at radius 1 is 1.19 bits per heavy atom. The van der Waals surface area contributed by atoms with Crippen molar-refractivity contribution in [2.45, 2.75) is 26.3 Å². The number of piperazine rings is 1. The third-order valence-electron chi connectivity index (χ3n) is 3.48. The summed E-state index contributed by atoms with van der Waals surface area (Å²) in [5.74, 6) is 0. The highest BCUT2D eigenvalue weighted by Crippen LogP contribution is 2.15. The summed E-state index contributed by atoms with van der Waals surface area (Å²) in [5, 5.41) is 0. The van der Waals surface area contributed by atoms with E-state index >= 15 is 0 Å². The van der Waals surface area contributed by atoms with Crippen LogP contribution in [0.1, 0.15) is 20.8 Å². The molecule has 1 fully saturated rings. The second-order valence-corrected chi connectivity index (χ2v) is 5.04. The zero-order valence-electron chi connectivity index (χ0n) is 11.0. The highest BCUT2D eigenvalue weighted by Gasteiger charge is 2.28. The molecule has 0 atom stereocenters. The van der Waals surface area contributed by atoms with Gasteiger partial charge in [0.2, 0.25) is 0 Å². The molecule has 1 aliphatic rings. The summed E-state index contributed by atoms with van der Waals surface area (Å²) in [7, 11) is 0. The zero-order valence-corrected chi connectivity index (χ0v) is 11.0. The third-order valence-corrected chi connectivity index (χ3v) is 3.48. The van der Waals surface area contributed by atoms with E-state index in [1.165, 1.54) is 0 Å². The molecule has 1 saturated heterocycles. The van der Waals surface area contributed by atoms with Gasteiger partial charge >= 0.3 is 0 Å². The third kappa shape index (κ3) is 4.01. The monoisotopic (exact) mass is 229 g/mol. The van der Waals surface area contributed by atoms with Crippen LogP contribution in [0.3, 0.4) is 0 Å². The van der Waals surface area contributed by atoms with Gasteiger partial charge in [0.1, 0.15) is 0 Å². The molecule has 0 aliphatic carbocycles. The van der Waals surface area contributed by atoms with Gasteiger partial charge in [0.25, 0.3) is 0 Å². The van der Waals surface area contributed by atoms with Crippen LogP contribution < -0.4 is 5.73 Å². The standard InChI is InChI=1S/C12H27N3O/c1-4-16-10-9-14-5-7-15(8-6-14)12(2,3)11-13/h4-11,13H2,1-3H3. The predicted molar refractivity (Wildman–Crippen MR) is 67.6 cm³/mol. The van der Waals surface area contributed by atoms with Crippen LogP contribution in [0.4, 0.5) is 0 Å². The first kappa shape index (κ1) is 13.9. The van der Waals surface area contributed by atoms with E-state index < -0.39 is 0 Å². The van der Waals surface area contributed by atoms with Crippen molar-refractivity contribution in [3.8, 4) is 0 Å². The number of nitrogens with two attached hydrogens (primary N) is 1. The predicted octanol–water partition coefficient (Wildman–Crippen LogP) is 0.378. The average Bonchev–Trinajstić information content (AvgIpc) is 2.30. The second kappa shape index (κ2) is 6.55. The maximum absolute atomic E-state index is 5.79. The Bertz CT molecular complexity index is 189. The summed E-state index contributed by atoms with van der Waals surface area (Å²) in [4.78, 5) is 4.96. The summed E-state index contributed by atoms with van der Waals surface area (Å²) in [6, 6.07) is 0. The van der Waals surface area contributed by atoms with Crippen molar-refractivity contribution in [1.82, 2.24) is 9.80 Å². The Balaban J connectivity index is 2.23. The number of hydrogen-bond acceptors (Lipinski definition) is 4. The Morgan fingerprint density at radius 3 is 2.31 bits per heavy atom. The average molecular weight is 229 g/mol. The van der Waals surface area contributed by atoms with E-state index in [2.05, 4.69) is 23.6 Å². The molecular formula is C12H27N3O. The number of rotatable bonds is 6. The Kier molecular flexibility index (Phi) is 5.69. The molecule has 0 aromatic carbocycles. The molecular weight excluding hydrogens is 202 g/mol. The van der Waals surface area contributed by atoms with E-state index in [0.717, 1.165) is 52.5 Å². The Morgan fingerprint density at radius 2 is 1.81 bits per heavy atom. The first-order valence-electron chi connectivity index (χ1n) is 6.35. The van der Waals surface area contributed by atoms with E-state index in [0.29, 0.717) is 0 Å². The molecule has 2 N–H and O–H groups in total. The van der Waals surface area contributed by atoms with Crippen LogP contribution in [-0.2, 0) is 4.74 Å². The van der Waals surface area contributed by atoms with Crippen molar-refractivity contribution in [2.75, 3.05) is 52.5 Å². The molecule has 0 aromatic heterocycles. The van der Waals surface area contributed by atoms with Gasteiger partial charge in [0.15, 0.2) is 0 Å². The van der Waals surface area contributed by atoms with Crippen LogP contribution in [0.2, 0.25) is 0 Å². The molecule has 0 radical (unpaired) electrons. The highest BCUT2D eigenvalue weighted by molar-refractivity contribution is 4.86. The summed E-state index contributed by atoms with van der Waals surface area (Å²) in [6.07, 6.45) is 0. The molecule has 96 valence electrons. The molecule has 1 aliphatic heterocycles. The quantitative estimate of drug-likeness (QED) is 0.669. The molecule has 0 amide bonds. The normalized spacial score (nSPS) is 20.2.